The first-order valence-electron chi connectivity index (χ1n) is 27.1. The monoisotopic (exact) mass is 1140 g/mol. The van der Waals surface area contributed by atoms with Crippen LogP contribution in [0.25, 0.3) is 0 Å². The number of nitrogens with one attached hydrogen (secondary N) is 3. The van der Waals surface area contributed by atoms with Gasteiger partial charge in [0, 0.05) is 0 Å². The number of amides is 4. The Morgan fingerprint density at radius 1 is 0.679 bits per heavy atom. The molecule has 0 aliphatic carbocycles. The number of benzene rings is 5. The quantitative estimate of drug-likeness (QED) is 0.0442. The molecule has 1 aliphatic heterocycles. The maximum absolute atomic E-state index is 15.0. The SMILES string of the molecule is COC(=O)[C@H](CO[Si](c1ccccc1)(c1ccccc1)C(C)(C)C)NC(=O)c1nc([C@H](CO[Si](c2ccccc2)(c2ccccc2)C(C)(C)C)NC(=O)[C@@H](NC(=O)[C@@H]2COC(C)(C)N2C(=O)OCc2ccccc2)C(C)(C)O)oc1C. The minimum atomic E-state index is -3.36. The van der Waals surface area contributed by atoms with E-state index >= 15 is 4.79 Å². The summed E-state index contributed by atoms with van der Waals surface area (Å²) < 4.78 is 37.6. The first kappa shape index (κ1) is 61.4. The summed E-state index contributed by atoms with van der Waals surface area (Å²) in [7, 11) is -5.35. The van der Waals surface area contributed by atoms with Crippen LogP contribution in [0.1, 0.15) is 103 Å². The van der Waals surface area contributed by atoms with E-state index in [1.807, 2.05) is 140 Å². The van der Waals surface area contributed by atoms with Crippen LogP contribution < -0.4 is 36.7 Å². The van der Waals surface area contributed by atoms with Gasteiger partial charge in [-0.05, 0) is 71.0 Å². The van der Waals surface area contributed by atoms with Gasteiger partial charge in [-0.25, -0.2) is 14.6 Å². The molecule has 0 bridgehead atoms. The van der Waals surface area contributed by atoms with Gasteiger partial charge in [0.05, 0.1) is 32.5 Å². The Morgan fingerprint density at radius 2 is 1.12 bits per heavy atom. The largest absolute Gasteiger partial charge is 0.467 e. The number of rotatable bonds is 21. The molecule has 0 radical (unpaired) electrons. The van der Waals surface area contributed by atoms with Crippen LogP contribution in [-0.2, 0) is 44.1 Å². The van der Waals surface area contributed by atoms with Gasteiger partial charge in [0.1, 0.15) is 42.3 Å². The Bertz CT molecular complexity index is 3010. The number of aromatic nitrogens is 1. The summed E-state index contributed by atoms with van der Waals surface area (Å²) in [5.74, 6) is -3.34. The molecule has 4 amide bonds. The second kappa shape index (κ2) is 25.3. The van der Waals surface area contributed by atoms with Gasteiger partial charge < -0.3 is 48.5 Å². The third kappa shape index (κ3) is 13.6. The van der Waals surface area contributed by atoms with E-state index in [9.17, 15) is 24.3 Å². The Labute approximate surface area is 477 Å². The van der Waals surface area contributed by atoms with Gasteiger partial charge in [-0.3, -0.25) is 19.3 Å². The molecule has 430 valence electrons. The molecule has 1 fully saturated rings. The fourth-order valence-electron chi connectivity index (χ4n) is 10.6. The number of hydrogen-bond donors (Lipinski definition) is 4. The molecule has 1 saturated heterocycles. The molecule has 4 atom stereocenters. The standard InChI is InChI=1S/C62H77N5O12Si2/c1-42-51(54(69)64-49(57(71)74-12)40-78-81(60(5,6)7,46-34-24-16-25-35-46)47-36-26-17-27-37-47)65-56(79-42)48(39-77-80(59(2,3)4,44-30-20-14-21-31-44)45-32-22-15-23-33-45)63-55(70)52(61(8,9)73)66-53(68)50-41-76-62(10,11)67(50)58(72)75-38-43-28-18-13-19-29-43/h13-37,48-50,52,73H,38-41H2,1-12H3,(H,63,70)(H,64,69)(H,66,68)/t48-,49-,50-,52+/m0/s1. The molecule has 2 heterocycles. The number of aliphatic hydroxyl groups is 1. The molecular weight excluding hydrogens is 1060 g/mol. The lowest BCUT2D eigenvalue weighted by molar-refractivity contribution is -0.143. The zero-order valence-electron chi connectivity index (χ0n) is 48.4. The van der Waals surface area contributed by atoms with E-state index in [0.29, 0.717) is 0 Å². The first-order valence-corrected chi connectivity index (χ1v) is 30.9. The molecule has 5 aromatic carbocycles. The van der Waals surface area contributed by atoms with E-state index < -0.39 is 92.0 Å². The number of nitrogens with zero attached hydrogens (tertiary/aromatic N) is 2. The normalized spacial score (nSPS) is 15.9. The van der Waals surface area contributed by atoms with E-state index in [2.05, 4.69) is 57.5 Å². The average molecular weight is 1140 g/mol. The minimum Gasteiger partial charge on any atom is -0.467 e. The Balaban J connectivity index is 1.23. The van der Waals surface area contributed by atoms with Crippen molar-refractivity contribution in [1.82, 2.24) is 25.8 Å². The molecular formula is C62H77N5O12Si2. The highest BCUT2D eigenvalue weighted by Gasteiger charge is 2.53. The molecule has 19 heteroatoms. The highest BCUT2D eigenvalue weighted by atomic mass is 28.4. The molecule has 7 rings (SSSR count). The van der Waals surface area contributed by atoms with Crippen LogP contribution in [0, 0.1) is 6.92 Å². The summed E-state index contributed by atoms with van der Waals surface area (Å²) in [5, 5.41) is 23.0. The summed E-state index contributed by atoms with van der Waals surface area (Å²) in [6.45, 7) is 19.2. The molecule has 17 nitrogen and oxygen atoms in total. The minimum absolute atomic E-state index is 0.0409. The van der Waals surface area contributed by atoms with Crippen LogP contribution in [-0.4, -0.2) is 118 Å². The molecule has 6 aromatic rings. The predicted octanol–water partition coefficient (Wildman–Crippen LogP) is 6.59. The van der Waals surface area contributed by atoms with Gasteiger partial charge >= 0.3 is 12.1 Å². The van der Waals surface area contributed by atoms with Gasteiger partial charge in [0.25, 0.3) is 22.5 Å². The molecule has 81 heavy (non-hydrogen) atoms. The molecule has 0 spiro atoms. The fourth-order valence-corrected chi connectivity index (χ4v) is 19.8. The average Bonchev–Trinajstić information content (AvgIpc) is 4.02. The van der Waals surface area contributed by atoms with E-state index in [0.717, 1.165) is 26.3 Å². The van der Waals surface area contributed by atoms with Gasteiger partial charge in [-0.15, -0.1) is 0 Å². The summed E-state index contributed by atoms with van der Waals surface area (Å²) in [6.07, 6.45) is -0.824. The lowest BCUT2D eigenvalue weighted by atomic mass is 9.97. The van der Waals surface area contributed by atoms with Crippen LogP contribution in [0.5, 0.6) is 0 Å². The zero-order chi connectivity index (χ0) is 59.0. The number of carbonyl (C=O) groups is 5. The first-order chi connectivity index (χ1) is 38.2. The molecule has 1 aromatic heterocycles. The maximum Gasteiger partial charge on any atom is 0.413 e. The van der Waals surface area contributed by atoms with Crippen molar-refractivity contribution in [3.05, 3.63) is 175 Å². The molecule has 0 saturated carbocycles. The lowest BCUT2D eigenvalue weighted by Gasteiger charge is -2.43. The van der Waals surface area contributed by atoms with Gasteiger partial charge in [0.2, 0.25) is 17.7 Å². The number of carbonyl (C=O) groups excluding carboxylic acids is 5. The smallest absolute Gasteiger partial charge is 0.413 e. The highest BCUT2D eigenvalue weighted by Crippen LogP contribution is 2.39. The van der Waals surface area contributed by atoms with Crippen molar-refractivity contribution >= 4 is 67.2 Å². The Hall–Kier alpha value is -7.27. The van der Waals surface area contributed by atoms with Crippen LogP contribution in [0.4, 0.5) is 4.79 Å². The predicted molar refractivity (Wildman–Crippen MR) is 313 cm³/mol. The summed E-state index contributed by atoms with van der Waals surface area (Å²) in [5.41, 5.74) is -2.68. The van der Waals surface area contributed by atoms with Crippen molar-refractivity contribution < 1.29 is 56.6 Å². The number of esters is 1. The molecule has 4 N–H and O–H groups in total. The van der Waals surface area contributed by atoms with E-state index in [1.54, 1.807) is 26.0 Å². The van der Waals surface area contributed by atoms with E-state index in [4.69, 9.17) is 32.5 Å². The van der Waals surface area contributed by atoms with Crippen molar-refractivity contribution in [2.24, 2.45) is 0 Å². The molecule has 0 unspecified atom stereocenters. The van der Waals surface area contributed by atoms with E-state index in [1.165, 1.54) is 32.8 Å². The van der Waals surface area contributed by atoms with Crippen molar-refractivity contribution in [3.63, 3.8) is 0 Å². The second-order valence-corrected chi connectivity index (χ2v) is 31.9. The third-order valence-corrected chi connectivity index (χ3v) is 24.7. The summed E-state index contributed by atoms with van der Waals surface area (Å²) in [6, 6.07) is 42.9. The Kier molecular flexibility index (Phi) is 19.1. The van der Waals surface area contributed by atoms with Gasteiger partial charge in [-0.2, -0.15) is 0 Å². The number of oxazole rings is 1. The maximum atomic E-state index is 15.0. The van der Waals surface area contributed by atoms with Gasteiger partial charge in [-0.1, -0.05) is 193 Å². The Morgan fingerprint density at radius 3 is 1.56 bits per heavy atom. The van der Waals surface area contributed by atoms with Crippen molar-refractivity contribution in [3.8, 4) is 0 Å². The summed E-state index contributed by atoms with van der Waals surface area (Å²) >= 11 is 0. The van der Waals surface area contributed by atoms with Gasteiger partial charge in [0.15, 0.2) is 5.69 Å². The second-order valence-electron chi connectivity index (χ2n) is 23.3. The van der Waals surface area contributed by atoms with Crippen molar-refractivity contribution in [1.29, 1.82) is 0 Å². The van der Waals surface area contributed by atoms with Crippen molar-refractivity contribution in [2.75, 3.05) is 26.9 Å². The lowest BCUT2D eigenvalue weighted by Crippen LogP contribution is -2.67. The number of hydrogen-bond acceptors (Lipinski definition) is 13. The number of ether oxygens (including phenoxy) is 3. The zero-order valence-corrected chi connectivity index (χ0v) is 50.4. The van der Waals surface area contributed by atoms with Crippen LogP contribution >= 0.6 is 0 Å². The fraction of sp³-hybridized carbons (Fsp3) is 0.387. The summed E-state index contributed by atoms with van der Waals surface area (Å²) in [4.78, 5) is 77.4. The molecule has 1 aliphatic rings. The third-order valence-electron chi connectivity index (χ3n) is 14.6. The van der Waals surface area contributed by atoms with Crippen LogP contribution in [0.3, 0.4) is 0 Å². The van der Waals surface area contributed by atoms with Crippen LogP contribution in [0.15, 0.2) is 156 Å². The van der Waals surface area contributed by atoms with Crippen LogP contribution in [0.2, 0.25) is 10.1 Å². The van der Waals surface area contributed by atoms with Crippen molar-refractivity contribution in [2.45, 2.75) is 128 Å². The number of methoxy groups -OCH3 is 1. The number of aryl methyl sites for hydroxylation is 1. The van der Waals surface area contributed by atoms with E-state index in [-0.39, 0.29) is 43.8 Å². The highest BCUT2D eigenvalue weighted by molar-refractivity contribution is 7.00. The topological polar surface area (TPSA) is 217 Å².